The van der Waals surface area contributed by atoms with Crippen LogP contribution in [0, 0.1) is 5.82 Å². The average molecular weight is 489 g/mol. The number of nitrogens with zero attached hydrogens (tertiary/aromatic N) is 5. The van der Waals surface area contributed by atoms with Gasteiger partial charge < -0.3 is 10.2 Å². The number of pyridine rings is 1. The van der Waals surface area contributed by atoms with Crippen LogP contribution in [0.3, 0.4) is 0 Å². The Bertz CT molecular complexity index is 1430. The number of aromatic nitrogens is 4. The lowest BCUT2D eigenvalue weighted by Gasteiger charge is -2.29. The van der Waals surface area contributed by atoms with Gasteiger partial charge in [0.05, 0.1) is 29.3 Å². The van der Waals surface area contributed by atoms with Crippen LogP contribution in [0.5, 0.6) is 0 Å². The van der Waals surface area contributed by atoms with E-state index in [9.17, 15) is 23.6 Å². The third kappa shape index (κ3) is 3.70. The molecule has 2 N–H and O–H groups in total. The van der Waals surface area contributed by atoms with E-state index in [1.165, 1.54) is 21.8 Å². The Morgan fingerprint density at radius 3 is 2.72 bits per heavy atom. The number of piperidine rings is 1. The van der Waals surface area contributed by atoms with Crippen molar-refractivity contribution in [2.45, 2.75) is 43.8 Å². The number of rotatable bonds is 5. The summed E-state index contributed by atoms with van der Waals surface area (Å²) < 4.78 is 14.7. The summed E-state index contributed by atoms with van der Waals surface area (Å²) in [6, 6.07) is 7.28. The lowest BCUT2D eigenvalue weighted by atomic mass is 10.0. The van der Waals surface area contributed by atoms with E-state index < -0.39 is 29.2 Å². The Morgan fingerprint density at radius 2 is 2.00 bits per heavy atom. The minimum absolute atomic E-state index is 0.102. The average Bonchev–Trinajstić information content (AvgIpc) is 3.32. The summed E-state index contributed by atoms with van der Waals surface area (Å²) in [6.07, 6.45) is 4.46. The highest BCUT2D eigenvalue weighted by molar-refractivity contribution is 6.05. The molecule has 182 valence electrons. The number of fused-ring (bicyclic) bond motifs is 1. The first kappa shape index (κ1) is 22.0. The first-order valence-electron chi connectivity index (χ1n) is 11.5. The number of hydrogen-bond donors (Lipinski definition) is 2. The number of carbonyl (C=O) groups excluding carboxylic acids is 4. The molecule has 11 nitrogen and oxygen atoms in total. The van der Waals surface area contributed by atoms with E-state index in [0.717, 1.165) is 6.20 Å². The second-order valence-electron chi connectivity index (χ2n) is 9.19. The number of hydrogen-bond acceptors (Lipinski definition) is 7. The van der Waals surface area contributed by atoms with Gasteiger partial charge in [-0.2, -0.15) is 0 Å². The van der Waals surface area contributed by atoms with E-state index in [1.54, 1.807) is 24.3 Å². The van der Waals surface area contributed by atoms with Crippen molar-refractivity contribution in [1.29, 1.82) is 0 Å². The molecular formula is C24H20FN7O4. The fourth-order valence-electron chi connectivity index (χ4n) is 4.71. The quantitative estimate of drug-likeness (QED) is 0.510. The Balaban J connectivity index is 1.18. The standard InChI is InChI=1S/C24H20FN7O4/c25-14-1-5-19(26-10-14)24(7-8-24)28-21(34)17-12-32(30-29-17)15-2-3-16-13(9-15)11-31(23(16)36)18-4-6-20(33)27-22(18)35/h1-3,5,9-10,12,18H,4,6-8,11H2,(H,28,34)(H,27,33,35). The maximum atomic E-state index is 13.2. The van der Waals surface area contributed by atoms with Crippen molar-refractivity contribution in [2.24, 2.45) is 0 Å². The fraction of sp³-hybridized carbons (Fsp3) is 0.292. The predicted molar refractivity (Wildman–Crippen MR) is 120 cm³/mol. The molecule has 12 heteroatoms. The largest absolute Gasteiger partial charge is 0.340 e. The van der Waals surface area contributed by atoms with Crippen LogP contribution in [0.15, 0.2) is 42.7 Å². The molecule has 2 aliphatic heterocycles. The molecule has 2 aromatic heterocycles. The van der Waals surface area contributed by atoms with Crippen molar-refractivity contribution in [3.8, 4) is 5.69 Å². The van der Waals surface area contributed by atoms with Crippen molar-refractivity contribution in [1.82, 2.24) is 35.5 Å². The summed E-state index contributed by atoms with van der Waals surface area (Å²) in [4.78, 5) is 55.0. The van der Waals surface area contributed by atoms with E-state index in [4.69, 9.17) is 0 Å². The number of benzene rings is 1. The second kappa shape index (κ2) is 8.04. The van der Waals surface area contributed by atoms with Gasteiger partial charge in [-0.1, -0.05) is 5.21 Å². The molecule has 0 spiro atoms. The van der Waals surface area contributed by atoms with E-state index >= 15 is 0 Å². The number of amides is 4. The van der Waals surface area contributed by atoms with Gasteiger partial charge in [0.25, 0.3) is 11.8 Å². The predicted octanol–water partition coefficient (Wildman–Crippen LogP) is 0.981. The highest BCUT2D eigenvalue weighted by Crippen LogP contribution is 2.44. The molecule has 3 aliphatic rings. The molecule has 1 aromatic carbocycles. The summed E-state index contributed by atoms with van der Waals surface area (Å²) in [6.45, 7) is 0.226. The van der Waals surface area contributed by atoms with Gasteiger partial charge >= 0.3 is 0 Å². The van der Waals surface area contributed by atoms with Crippen molar-refractivity contribution < 1.29 is 23.6 Å². The van der Waals surface area contributed by atoms with Gasteiger partial charge in [-0.05, 0) is 55.2 Å². The summed E-state index contributed by atoms with van der Waals surface area (Å²) in [5.74, 6) is -1.95. The van der Waals surface area contributed by atoms with E-state index in [-0.39, 0.29) is 36.9 Å². The fourth-order valence-corrected chi connectivity index (χ4v) is 4.71. The third-order valence-electron chi connectivity index (χ3n) is 6.82. The molecule has 3 aromatic rings. The lowest BCUT2D eigenvalue weighted by Crippen LogP contribution is -2.52. The van der Waals surface area contributed by atoms with Gasteiger partial charge in [0.1, 0.15) is 11.9 Å². The van der Waals surface area contributed by atoms with E-state index in [1.807, 2.05) is 0 Å². The number of imide groups is 1. The molecule has 4 amide bonds. The Morgan fingerprint density at radius 1 is 1.17 bits per heavy atom. The third-order valence-corrected chi connectivity index (χ3v) is 6.82. The minimum atomic E-state index is -0.696. The Hall–Kier alpha value is -4.48. The number of nitrogens with one attached hydrogen (secondary N) is 2. The summed E-state index contributed by atoms with van der Waals surface area (Å²) in [7, 11) is 0. The molecule has 2 fully saturated rings. The van der Waals surface area contributed by atoms with Gasteiger partial charge in [-0.15, -0.1) is 5.10 Å². The van der Waals surface area contributed by atoms with Gasteiger partial charge in [-0.25, -0.2) is 9.07 Å². The highest BCUT2D eigenvalue weighted by Gasteiger charge is 2.47. The minimum Gasteiger partial charge on any atom is -0.340 e. The van der Waals surface area contributed by atoms with E-state index in [2.05, 4.69) is 25.9 Å². The lowest BCUT2D eigenvalue weighted by molar-refractivity contribution is -0.136. The van der Waals surface area contributed by atoms with Gasteiger partial charge in [0.15, 0.2) is 5.69 Å². The van der Waals surface area contributed by atoms with Crippen LogP contribution in [-0.4, -0.2) is 54.5 Å². The SMILES string of the molecule is O=C1CCC(N2Cc3cc(-n4cc(C(=O)NC5(c6ccc(F)cn6)CC5)nn4)ccc3C2=O)C(=O)N1. The molecule has 36 heavy (non-hydrogen) atoms. The maximum Gasteiger partial charge on any atom is 0.274 e. The Kier molecular flexibility index (Phi) is 4.92. The van der Waals surface area contributed by atoms with Crippen LogP contribution in [-0.2, 0) is 21.7 Å². The molecule has 1 saturated heterocycles. The maximum absolute atomic E-state index is 13.2. The van der Waals surface area contributed by atoms with Crippen molar-refractivity contribution >= 4 is 23.6 Å². The molecule has 1 saturated carbocycles. The molecule has 6 rings (SSSR count). The summed E-state index contributed by atoms with van der Waals surface area (Å²) >= 11 is 0. The van der Waals surface area contributed by atoms with Crippen molar-refractivity contribution in [3.63, 3.8) is 0 Å². The van der Waals surface area contributed by atoms with Crippen LogP contribution in [0.4, 0.5) is 4.39 Å². The Labute approximate surface area is 203 Å². The zero-order chi connectivity index (χ0) is 25.0. The normalized spacial score (nSPS) is 20.2. The molecule has 1 aliphatic carbocycles. The van der Waals surface area contributed by atoms with Crippen LogP contribution >= 0.6 is 0 Å². The number of halogens is 1. The molecule has 1 unspecified atom stereocenters. The molecular weight excluding hydrogens is 469 g/mol. The van der Waals surface area contributed by atoms with E-state index in [0.29, 0.717) is 35.3 Å². The molecule has 0 radical (unpaired) electrons. The molecule has 0 bridgehead atoms. The monoisotopic (exact) mass is 489 g/mol. The smallest absolute Gasteiger partial charge is 0.274 e. The second-order valence-corrected chi connectivity index (χ2v) is 9.19. The van der Waals surface area contributed by atoms with Crippen molar-refractivity contribution in [3.05, 3.63) is 71.1 Å². The first-order chi connectivity index (χ1) is 17.3. The van der Waals surface area contributed by atoms with Gasteiger partial charge in [-0.3, -0.25) is 29.5 Å². The number of carbonyl (C=O) groups is 4. The molecule has 4 heterocycles. The zero-order valence-corrected chi connectivity index (χ0v) is 18.9. The first-order valence-corrected chi connectivity index (χ1v) is 11.5. The topological polar surface area (TPSA) is 139 Å². The summed E-state index contributed by atoms with van der Waals surface area (Å²) in [5, 5.41) is 13.3. The van der Waals surface area contributed by atoms with Crippen LogP contribution < -0.4 is 10.6 Å². The van der Waals surface area contributed by atoms with Gasteiger partial charge in [0.2, 0.25) is 11.8 Å². The zero-order valence-electron chi connectivity index (χ0n) is 18.9. The molecule has 1 atom stereocenters. The van der Waals surface area contributed by atoms with Crippen LogP contribution in [0.2, 0.25) is 0 Å². The van der Waals surface area contributed by atoms with Gasteiger partial charge in [0, 0.05) is 18.5 Å². The highest BCUT2D eigenvalue weighted by atomic mass is 19.1. The summed E-state index contributed by atoms with van der Waals surface area (Å²) in [5.41, 5.74) is 1.84. The van der Waals surface area contributed by atoms with Crippen molar-refractivity contribution in [2.75, 3.05) is 0 Å². The van der Waals surface area contributed by atoms with Crippen LogP contribution in [0.25, 0.3) is 5.69 Å². The van der Waals surface area contributed by atoms with Crippen LogP contribution in [0.1, 0.15) is 57.8 Å².